The number of hydrogen-bond acceptors (Lipinski definition) is 1. The Morgan fingerprint density at radius 1 is 0.889 bits per heavy atom. The molecule has 0 atom stereocenters. The van der Waals surface area contributed by atoms with Gasteiger partial charge in [-0.05, 0) is 18.2 Å². The predicted octanol–water partition coefficient (Wildman–Crippen LogP) is 4.33. The quantitative estimate of drug-likeness (QED) is 0.733. The van der Waals surface area contributed by atoms with Gasteiger partial charge in [0.15, 0.2) is 0 Å². The molecule has 0 saturated carbocycles. The van der Waals surface area contributed by atoms with Crippen LogP contribution in [0.3, 0.4) is 0 Å². The molecule has 0 saturated heterocycles. The Morgan fingerprint density at radius 3 is 1.83 bits per heavy atom. The van der Waals surface area contributed by atoms with E-state index < -0.39 is 35.8 Å². The Hall–Kier alpha value is -1.54. The summed E-state index contributed by atoms with van der Waals surface area (Å²) in [5.74, 6) is -1.36. The highest BCUT2D eigenvalue weighted by Crippen LogP contribution is 2.40. The number of ether oxygens (including phenoxy) is 1. The highest BCUT2D eigenvalue weighted by Gasteiger charge is 2.39. The molecule has 0 fully saturated rings. The van der Waals surface area contributed by atoms with Gasteiger partial charge in [-0.1, -0.05) is 0 Å². The van der Waals surface area contributed by atoms with E-state index in [4.69, 9.17) is 0 Å². The van der Waals surface area contributed by atoms with Gasteiger partial charge in [-0.15, -0.1) is 0 Å². The van der Waals surface area contributed by atoms with Gasteiger partial charge in [0, 0.05) is 0 Å². The molecule has 0 heterocycles. The topological polar surface area (TPSA) is 9.23 Å². The van der Waals surface area contributed by atoms with Crippen molar-refractivity contribution in [2.45, 2.75) is 19.0 Å². The zero-order valence-electron chi connectivity index (χ0n) is 8.24. The van der Waals surface area contributed by atoms with Gasteiger partial charge in [0.1, 0.15) is 5.75 Å². The summed E-state index contributed by atoms with van der Waals surface area (Å²) in [6, 6.07) is 0.155. The molecule has 0 aromatic heterocycles. The Morgan fingerprint density at radius 2 is 1.44 bits per heavy atom. The summed E-state index contributed by atoms with van der Waals surface area (Å²) >= 11 is 0. The van der Waals surface area contributed by atoms with E-state index in [-0.39, 0.29) is 18.2 Å². The fraction of sp³-hybridized carbons (Fsp3) is 0.333. The number of rotatable bonds is 2. The minimum atomic E-state index is -5.23. The molecule has 0 aliphatic heterocycles. The molecule has 0 N–H and O–H groups in total. The van der Waals surface area contributed by atoms with Crippen LogP contribution in [0.1, 0.15) is 11.1 Å². The molecule has 18 heavy (non-hydrogen) atoms. The Balaban J connectivity index is 3.30. The first kappa shape index (κ1) is 14.5. The van der Waals surface area contributed by atoms with Crippen LogP contribution in [-0.4, -0.2) is 6.61 Å². The predicted molar refractivity (Wildman–Crippen MR) is 43.1 cm³/mol. The van der Waals surface area contributed by atoms with Gasteiger partial charge in [-0.3, -0.25) is 0 Å². The van der Waals surface area contributed by atoms with E-state index in [0.717, 1.165) is 0 Å². The first-order chi connectivity index (χ1) is 8.01. The normalized spacial score (nSPS) is 12.9. The zero-order chi connectivity index (χ0) is 14.1. The average Bonchev–Trinajstić information content (AvgIpc) is 2.13. The van der Waals surface area contributed by atoms with E-state index in [0.29, 0.717) is 0 Å². The number of hydrogen-bond donors (Lipinski definition) is 0. The summed E-state index contributed by atoms with van der Waals surface area (Å²) in [6.07, 6.45) is -10.2. The standard InChI is InChI=1S/C9H4F8O/c10-7(11)18-6-2-1-4(8(12,13)14)3-5(6)9(15,16)17/h1-3,7H. The van der Waals surface area contributed by atoms with Gasteiger partial charge in [0.2, 0.25) is 0 Å². The molecule has 9 heteroatoms. The van der Waals surface area contributed by atoms with E-state index in [1.54, 1.807) is 0 Å². The number of benzene rings is 1. The van der Waals surface area contributed by atoms with Crippen LogP contribution in [-0.2, 0) is 12.4 Å². The molecule has 1 rings (SSSR count). The third kappa shape index (κ3) is 3.47. The van der Waals surface area contributed by atoms with Gasteiger partial charge in [0.25, 0.3) is 0 Å². The van der Waals surface area contributed by atoms with Crippen molar-refractivity contribution in [2.75, 3.05) is 0 Å². The van der Waals surface area contributed by atoms with Crippen LogP contribution in [0, 0.1) is 0 Å². The van der Waals surface area contributed by atoms with Gasteiger partial charge < -0.3 is 4.74 Å². The van der Waals surface area contributed by atoms with Crippen molar-refractivity contribution in [3.63, 3.8) is 0 Å². The van der Waals surface area contributed by atoms with Crippen molar-refractivity contribution >= 4 is 0 Å². The van der Waals surface area contributed by atoms with Gasteiger partial charge in [0.05, 0.1) is 11.1 Å². The van der Waals surface area contributed by atoms with Crippen molar-refractivity contribution in [2.24, 2.45) is 0 Å². The second-order valence-corrected chi connectivity index (χ2v) is 3.08. The fourth-order valence-electron chi connectivity index (χ4n) is 1.13. The molecular formula is C9H4F8O. The summed E-state index contributed by atoms with van der Waals surface area (Å²) in [5, 5.41) is 0. The lowest BCUT2D eigenvalue weighted by Crippen LogP contribution is -2.14. The van der Waals surface area contributed by atoms with Crippen molar-refractivity contribution < 1.29 is 39.9 Å². The molecule has 0 amide bonds. The minimum Gasteiger partial charge on any atom is -0.434 e. The van der Waals surface area contributed by atoms with Crippen LogP contribution < -0.4 is 4.74 Å². The number of halogens is 8. The van der Waals surface area contributed by atoms with Crippen LogP contribution in [0.15, 0.2) is 18.2 Å². The lowest BCUT2D eigenvalue weighted by atomic mass is 10.1. The summed E-state index contributed by atoms with van der Waals surface area (Å²) in [5.41, 5.74) is -3.51. The van der Waals surface area contributed by atoms with Gasteiger partial charge in [-0.25, -0.2) is 0 Å². The van der Waals surface area contributed by atoms with Crippen molar-refractivity contribution in [1.29, 1.82) is 0 Å². The first-order valence-corrected chi connectivity index (χ1v) is 4.25. The Labute approximate surface area is 95.0 Å². The molecule has 1 aromatic carbocycles. The summed E-state index contributed by atoms with van der Waals surface area (Å²) in [4.78, 5) is 0. The van der Waals surface area contributed by atoms with E-state index in [2.05, 4.69) is 4.74 Å². The van der Waals surface area contributed by atoms with Crippen LogP contribution in [0.4, 0.5) is 35.1 Å². The van der Waals surface area contributed by atoms with Gasteiger partial charge in [-0.2, -0.15) is 35.1 Å². The van der Waals surface area contributed by atoms with Crippen molar-refractivity contribution in [3.8, 4) is 5.75 Å². The summed E-state index contributed by atoms with van der Waals surface area (Å²) in [6.45, 7) is -3.57. The molecule has 0 aliphatic rings. The highest BCUT2D eigenvalue weighted by atomic mass is 19.4. The maximum absolute atomic E-state index is 12.4. The van der Waals surface area contributed by atoms with Crippen LogP contribution >= 0.6 is 0 Å². The fourth-order valence-corrected chi connectivity index (χ4v) is 1.13. The van der Waals surface area contributed by atoms with Crippen LogP contribution in [0.25, 0.3) is 0 Å². The van der Waals surface area contributed by atoms with E-state index in [9.17, 15) is 35.1 Å². The molecule has 102 valence electrons. The third-order valence-electron chi connectivity index (χ3n) is 1.83. The first-order valence-electron chi connectivity index (χ1n) is 4.25. The molecular weight excluding hydrogens is 276 g/mol. The minimum absolute atomic E-state index is 0.206. The average molecular weight is 280 g/mol. The van der Waals surface area contributed by atoms with Crippen molar-refractivity contribution in [1.82, 2.24) is 0 Å². The van der Waals surface area contributed by atoms with E-state index >= 15 is 0 Å². The molecule has 1 aromatic rings. The molecule has 0 bridgehead atoms. The summed E-state index contributed by atoms with van der Waals surface area (Å²) in [7, 11) is 0. The van der Waals surface area contributed by atoms with Crippen molar-refractivity contribution in [3.05, 3.63) is 29.3 Å². The molecule has 0 spiro atoms. The lowest BCUT2D eigenvalue weighted by molar-refractivity contribution is -0.145. The summed E-state index contributed by atoms with van der Waals surface area (Å²) < 4.78 is 101. The van der Waals surface area contributed by atoms with E-state index in [1.807, 2.05) is 0 Å². The molecule has 0 aliphatic carbocycles. The Kier molecular flexibility index (Phi) is 3.72. The zero-order valence-corrected chi connectivity index (χ0v) is 8.24. The Bertz CT molecular complexity index is 420. The number of alkyl halides is 8. The lowest BCUT2D eigenvalue weighted by Gasteiger charge is -2.15. The third-order valence-corrected chi connectivity index (χ3v) is 1.83. The smallest absolute Gasteiger partial charge is 0.419 e. The largest absolute Gasteiger partial charge is 0.434 e. The maximum atomic E-state index is 12.4. The van der Waals surface area contributed by atoms with Crippen LogP contribution in [0.5, 0.6) is 5.75 Å². The second kappa shape index (κ2) is 4.62. The maximum Gasteiger partial charge on any atom is 0.419 e. The monoisotopic (exact) mass is 280 g/mol. The van der Waals surface area contributed by atoms with Crippen LogP contribution in [0.2, 0.25) is 0 Å². The molecule has 0 unspecified atom stereocenters. The molecule has 1 nitrogen and oxygen atoms in total. The highest BCUT2D eigenvalue weighted by molar-refractivity contribution is 5.40. The molecule has 0 radical (unpaired) electrons. The SMILES string of the molecule is FC(F)Oc1ccc(C(F)(F)F)cc1C(F)(F)F. The second-order valence-electron chi connectivity index (χ2n) is 3.08. The van der Waals surface area contributed by atoms with E-state index in [1.165, 1.54) is 0 Å². The van der Waals surface area contributed by atoms with Gasteiger partial charge >= 0.3 is 19.0 Å².